The van der Waals surface area contributed by atoms with E-state index in [1.807, 2.05) is 0 Å². The number of alkyl halides is 3. The maximum absolute atomic E-state index is 12.5. The molecule has 88 valence electrons. The van der Waals surface area contributed by atoms with Gasteiger partial charge in [0.15, 0.2) is 5.69 Å². The van der Waals surface area contributed by atoms with Crippen LogP contribution in [0.2, 0.25) is 0 Å². The van der Waals surface area contributed by atoms with E-state index in [0.29, 0.717) is 5.56 Å². The molecule has 0 aliphatic rings. The van der Waals surface area contributed by atoms with Crippen LogP contribution in [0.15, 0.2) is 12.3 Å². The van der Waals surface area contributed by atoms with Crippen LogP contribution in [0.1, 0.15) is 28.5 Å². The summed E-state index contributed by atoms with van der Waals surface area (Å²) in [7, 11) is 0. The number of halogens is 3. The Bertz CT molecular complexity index is 402. The number of aromatic nitrogens is 1. The molecule has 0 N–H and O–H groups in total. The van der Waals surface area contributed by atoms with Gasteiger partial charge in [0.05, 0.1) is 12.2 Å². The van der Waals surface area contributed by atoms with Gasteiger partial charge < -0.3 is 4.74 Å². The lowest BCUT2D eigenvalue weighted by molar-refractivity contribution is -0.141. The minimum atomic E-state index is -4.66. The molecule has 0 atom stereocenters. The summed E-state index contributed by atoms with van der Waals surface area (Å²) < 4.78 is 42.1. The van der Waals surface area contributed by atoms with Crippen molar-refractivity contribution in [1.29, 1.82) is 0 Å². The molecular weight excluding hydrogens is 223 g/mol. The summed E-state index contributed by atoms with van der Waals surface area (Å²) >= 11 is 0. The van der Waals surface area contributed by atoms with Crippen LogP contribution in [0.5, 0.6) is 0 Å². The molecule has 0 fully saturated rings. The molecule has 1 aromatic heterocycles. The van der Waals surface area contributed by atoms with E-state index in [0.717, 1.165) is 12.3 Å². The van der Waals surface area contributed by atoms with Gasteiger partial charge in [-0.05, 0) is 25.5 Å². The van der Waals surface area contributed by atoms with E-state index in [4.69, 9.17) is 0 Å². The van der Waals surface area contributed by atoms with Gasteiger partial charge in [-0.25, -0.2) is 4.79 Å². The van der Waals surface area contributed by atoms with Crippen molar-refractivity contribution in [2.45, 2.75) is 20.0 Å². The number of nitrogens with zero attached hydrogens (tertiary/aromatic N) is 1. The van der Waals surface area contributed by atoms with Gasteiger partial charge in [-0.2, -0.15) is 13.2 Å². The van der Waals surface area contributed by atoms with Gasteiger partial charge in [-0.15, -0.1) is 0 Å². The number of esters is 1. The molecule has 6 heteroatoms. The highest BCUT2D eigenvalue weighted by atomic mass is 19.4. The van der Waals surface area contributed by atoms with Crippen molar-refractivity contribution >= 4 is 5.97 Å². The predicted molar refractivity (Wildman–Crippen MR) is 49.9 cm³/mol. The molecule has 1 aromatic rings. The van der Waals surface area contributed by atoms with E-state index in [1.165, 1.54) is 6.92 Å². The van der Waals surface area contributed by atoms with Gasteiger partial charge in [0.25, 0.3) is 0 Å². The highest BCUT2D eigenvalue weighted by molar-refractivity contribution is 5.91. The molecule has 3 nitrogen and oxygen atoms in total. The van der Waals surface area contributed by atoms with Crippen LogP contribution in [0.4, 0.5) is 13.2 Å². The lowest BCUT2D eigenvalue weighted by Crippen LogP contribution is -2.17. The molecule has 1 heterocycles. The maximum Gasteiger partial charge on any atom is 0.434 e. The molecule has 0 bridgehead atoms. The monoisotopic (exact) mass is 233 g/mol. The summed E-state index contributed by atoms with van der Waals surface area (Å²) in [6, 6.07) is 1.12. The first-order chi connectivity index (χ1) is 7.36. The van der Waals surface area contributed by atoms with E-state index >= 15 is 0 Å². The van der Waals surface area contributed by atoms with Crippen molar-refractivity contribution in [2.24, 2.45) is 0 Å². The van der Waals surface area contributed by atoms with E-state index in [9.17, 15) is 18.0 Å². The number of rotatable bonds is 2. The summed E-state index contributed by atoms with van der Waals surface area (Å²) in [6.07, 6.45) is -3.60. The van der Waals surface area contributed by atoms with Gasteiger partial charge in [-0.1, -0.05) is 0 Å². The Labute approximate surface area is 90.2 Å². The minimum absolute atomic E-state index is 0.0179. The van der Waals surface area contributed by atoms with Crippen LogP contribution in [-0.4, -0.2) is 17.6 Å². The number of pyridine rings is 1. The molecule has 0 aliphatic heterocycles. The summed E-state index contributed by atoms with van der Waals surface area (Å²) in [5.74, 6) is -1.01. The number of carbonyl (C=O) groups is 1. The third kappa shape index (κ3) is 2.71. The molecule has 1 rings (SSSR count). The summed E-state index contributed by atoms with van der Waals surface area (Å²) in [5, 5.41) is 0. The Morgan fingerprint density at radius 1 is 1.50 bits per heavy atom. The zero-order chi connectivity index (χ0) is 12.3. The van der Waals surface area contributed by atoms with Crippen LogP contribution < -0.4 is 0 Å². The second kappa shape index (κ2) is 4.51. The third-order valence-electron chi connectivity index (χ3n) is 1.79. The minimum Gasteiger partial charge on any atom is -0.462 e. The van der Waals surface area contributed by atoms with Gasteiger partial charge in [-0.3, -0.25) is 4.98 Å². The van der Waals surface area contributed by atoms with Crippen LogP contribution in [0, 0.1) is 6.92 Å². The molecule has 0 aliphatic carbocycles. The Morgan fingerprint density at radius 3 is 2.62 bits per heavy atom. The van der Waals surface area contributed by atoms with E-state index < -0.39 is 23.4 Å². The molecule has 0 radical (unpaired) electrons. The summed E-state index contributed by atoms with van der Waals surface area (Å²) in [6.45, 7) is 3.09. The molecule has 0 aromatic carbocycles. The number of hydrogen-bond acceptors (Lipinski definition) is 3. The Kier molecular flexibility index (Phi) is 3.51. The van der Waals surface area contributed by atoms with Gasteiger partial charge in [0, 0.05) is 6.20 Å². The molecular formula is C10H10F3NO2. The van der Waals surface area contributed by atoms with Gasteiger partial charge in [0.1, 0.15) is 0 Å². The fourth-order valence-electron chi connectivity index (χ4n) is 1.16. The van der Waals surface area contributed by atoms with Crippen molar-refractivity contribution in [3.05, 3.63) is 29.1 Å². The number of hydrogen-bond donors (Lipinski definition) is 0. The zero-order valence-electron chi connectivity index (χ0n) is 8.76. The Hall–Kier alpha value is -1.59. The Balaban J connectivity index is 3.24. The maximum atomic E-state index is 12.5. The van der Waals surface area contributed by atoms with Gasteiger partial charge >= 0.3 is 12.1 Å². The number of aryl methyl sites for hydroxylation is 1. The van der Waals surface area contributed by atoms with Crippen molar-refractivity contribution < 1.29 is 22.7 Å². The quantitative estimate of drug-likeness (QED) is 0.737. The van der Waals surface area contributed by atoms with Crippen molar-refractivity contribution in [3.8, 4) is 0 Å². The lowest BCUT2D eigenvalue weighted by atomic mass is 10.1. The normalized spacial score (nSPS) is 11.3. The fourth-order valence-corrected chi connectivity index (χ4v) is 1.16. The standard InChI is InChI=1S/C10H10F3NO2/c1-3-16-9(15)7-4-6(2)5-14-8(7)10(11,12)13/h4-5H,3H2,1-2H3. The van der Waals surface area contributed by atoms with Crippen molar-refractivity contribution in [3.63, 3.8) is 0 Å². The van der Waals surface area contributed by atoms with E-state index in [1.54, 1.807) is 6.92 Å². The van der Waals surface area contributed by atoms with Crippen molar-refractivity contribution in [2.75, 3.05) is 6.61 Å². The number of ether oxygens (including phenoxy) is 1. The summed E-state index contributed by atoms with van der Waals surface area (Å²) in [4.78, 5) is 14.5. The first-order valence-corrected chi connectivity index (χ1v) is 4.57. The molecule has 0 saturated heterocycles. The largest absolute Gasteiger partial charge is 0.462 e. The Morgan fingerprint density at radius 2 is 2.12 bits per heavy atom. The molecule has 0 spiro atoms. The predicted octanol–water partition coefficient (Wildman–Crippen LogP) is 2.59. The lowest BCUT2D eigenvalue weighted by Gasteiger charge is -2.11. The second-order valence-corrected chi connectivity index (χ2v) is 3.13. The SMILES string of the molecule is CCOC(=O)c1cc(C)cnc1C(F)(F)F. The van der Waals surface area contributed by atoms with E-state index in [2.05, 4.69) is 9.72 Å². The van der Waals surface area contributed by atoms with Gasteiger partial charge in [0.2, 0.25) is 0 Å². The van der Waals surface area contributed by atoms with Crippen molar-refractivity contribution in [1.82, 2.24) is 4.98 Å². The average molecular weight is 233 g/mol. The van der Waals surface area contributed by atoms with Crippen LogP contribution >= 0.6 is 0 Å². The first-order valence-electron chi connectivity index (χ1n) is 4.57. The summed E-state index contributed by atoms with van der Waals surface area (Å²) in [5.41, 5.74) is -1.29. The average Bonchev–Trinajstić information content (AvgIpc) is 2.16. The molecule has 16 heavy (non-hydrogen) atoms. The third-order valence-corrected chi connectivity index (χ3v) is 1.79. The first kappa shape index (κ1) is 12.5. The fraction of sp³-hybridized carbons (Fsp3) is 0.400. The molecule has 0 unspecified atom stereocenters. The molecule has 0 saturated carbocycles. The highest BCUT2D eigenvalue weighted by Crippen LogP contribution is 2.30. The van der Waals surface area contributed by atoms with E-state index in [-0.39, 0.29) is 6.61 Å². The topological polar surface area (TPSA) is 39.2 Å². The second-order valence-electron chi connectivity index (χ2n) is 3.13. The highest BCUT2D eigenvalue weighted by Gasteiger charge is 2.37. The smallest absolute Gasteiger partial charge is 0.434 e. The number of carbonyl (C=O) groups excluding carboxylic acids is 1. The van der Waals surface area contributed by atoms with Crippen LogP contribution in [0.25, 0.3) is 0 Å². The van der Waals surface area contributed by atoms with Crippen LogP contribution in [0.3, 0.4) is 0 Å². The zero-order valence-corrected chi connectivity index (χ0v) is 8.76. The van der Waals surface area contributed by atoms with Crippen LogP contribution in [-0.2, 0) is 10.9 Å². The molecule has 0 amide bonds.